The number of rotatable bonds is 3. The van der Waals surface area contributed by atoms with E-state index in [-0.39, 0.29) is 10.6 Å². The van der Waals surface area contributed by atoms with E-state index < -0.39 is 0 Å². The smallest absolute Gasteiger partial charge is 0.258 e. The second-order valence-corrected chi connectivity index (χ2v) is 3.98. The van der Waals surface area contributed by atoms with Crippen molar-refractivity contribution in [3.8, 4) is 0 Å². The van der Waals surface area contributed by atoms with Crippen molar-refractivity contribution in [3.63, 3.8) is 0 Å². The van der Waals surface area contributed by atoms with Crippen LogP contribution in [-0.2, 0) is 7.05 Å². The molecule has 2 aromatic rings. The minimum atomic E-state index is -0.389. The SMILES string of the molecule is C[n+]1ccc(C=Cc2cccc([N+](=O)[O-])c2)cc1. The maximum Gasteiger partial charge on any atom is 0.270 e. The molecule has 0 saturated heterocycles. The Bertz CT molecular complexity index is 589. The van der Waals surface area contributed by atoms with Gasteiger partial charge >= 0.3 is 0 Å². The molecule has 4 nitrogen and oxygen atoms in total. The fourth-order valence-electron chi connectivity index (χ4n) is 1.56. The molecule has 4 heteroatoms. The summed E-state index contributed by atoms with van der Waals surface area (Å²) in [6, 6.07) is 10.5. The molecule has 1 heterocycles. The van der Waals surface area contributed by atoms with Crippen molar-refractivity contribution >= 4 is 17.8 Å². The van der Waals surface area contributed by atoms with Crippen molar-refractivity contribution in [1.29, 1.82) is 0 Å². The Morgan fingerprint density at radius 3 is 2.44 bits per heavy atom. The molecular weight excluding hydrogens is 228 g/mol. The van der Waals surface area contributed by atoms with Crippen molar-refractivity contribution in [2.45, 2.75) is 0 Å². The van der Waals surface area contributed by atoms with Gasteiger partial charge in [-0.05, 0) is 11.1 Å². The first-order valence-electron chi connectivity index (χ1n) is 5.53. The van der Waals surface area contributed by atoms with Crippen LogP contribution in [0.4, 0.5) is 5.69 Å². The van der Waals surface area contributed by atoms with Crippen molar-refractivity contribution in [1.82, 2.24) is 0 Å². The fraction of sp³-hybridized carbons (Fsp3) is 0.0714. The van der Waals surface area contributed by atoms with Crippen LogP contribution in [0.25, 0.3) is 12.2 Å². The summed E-state index contributed by atoms with van der Waals surface area (Å²) in [5, 5.41) is 10.6. The van der Waals surface area contributed by atoms with E-state index in [1.165, 1.54) is 6.07 Å². The number of hydrogen-bond donors (Lipinski definition) is 0. The van der Waals surface area contributed by atoms with E-state index in [2.05, 4.69) is 0 Å². The second-order valence-electron chi connectivity index (χ2n) is 3.98. The number of aromatic nitrogens is 1. The van der Waals surface area contributed by atoms with Crippen LogP contribution in [-0.4, -0.2) is 4.92 Å². The molecule has 1 aromatic carbocycles. The highest BCUT2D eigenvalue weighted by Gasteiger charge is 2.03. The summed E-state index contributed by atoms with van der Waals surface area (Å²) in [5.41, 5.74) is 1.98. The number of nitrogens with zero attached hydrogens (tertiary/aromatic N) is 2. The third-order valence-electron chi connectivity index (χ3n) is 2.55. The summed E-state index contributed by atoms with van der Waals surface area (Å²) < 4.78 is 1.95. The predicted octanol–water partition coefficient (Wildman–Crippen LogP) is 2.59. The molecule has 0 fully saturated rings. The molecule has 0 aliphatic heterocycles. The van der Waals surface area contributed by atoms with Gasteiger partial charge in [0.1, 0.15) is 7.05 Å². The quantitative estimate of drug-likeness (QED) is 0.471. The molecule has 0 amide bonds. The van der Waals surface area contributed by atoms with Crippen LogP contribution in [0.3, 0.4) is 0 Å². The summed E-state index contributed by atoms with van der Waals surface area (Å²) >= 11 is 0. The van der Waals surface area contributed by atoms with Gasteiger partial charge in [-0.2, -0.15) is 0 Å². The van der Waals surface area contributed by atoms with Gasteiger partial charge in [-0.15, -0.1) is 0 Å². The highest BCUT2D eigenvalue weighted by Crippen LogP contribution is 2.15. The molecule has 0 atom stereocenters. The Labute approximate surface area is 105 Å². The standard InChI is InChI=1S/C14H13N2O2/c1-15-9-7-12(8-10-15)5-6-13-3-2-4-14(11-13)16(17)18/h2-11H,1H3/q+1. The van der Waals surface area contributed by atoms with Crippen LogP contribution >= 0.6 is 0 Å². The molecule has 0 radical (unpaired) electrons. The highest BCUT2D eigenvalue weighted by molar-refractivity contribution is 5.70. The molecule has 2 rings (SSSR count). The lowest BCUT2D eigenvalue weighted by Gasteiger charge is -1.95. The van der Waals surface area contributed by atoms with E-state index in [9.17, 15) is 10.1 Å². The molecule has 0 unspecified atom stereocenters. The Morgan fingerprint density at radius 2 is 1.78 bits per heavy atom. The van der Waals surface area contributed by atoms with Gasteiger partial charge in [0, 0.05) is 24.3 Å². The van der Waals surface area contributed by atoms with Crippen molar-refractivity contribution in [2.24, 2.45) is 7.05 Å². The third kappa shape index (κ3) is 3.01. The van der Waals surface area contributed by atoms with Crippen LogP contribution < -0.4 is 4.57 Å². The lowest BCUT2D eigenvalue weighted by molar-refractivity contribution is -0.671. The first-order chi connectivity index (χ1) is 8.65. The van der Waals surface area contributed by atoms with E-state index >= 15 is 0 Å². The van der Waals surface area contributed by atoms with E-state index in [0.29, 0.717) is 0 Å². The van der Waals surface area contributed by atoms with Crippen molar-refractivity contribution in [2.75, 3.05) is 0 Å². The summed E-state index contributed by atoms with van der Waals surface area (Å²) in [7, 11) is 1.95. The number of aryl methyl sites for hydroxylation is 1. The highest BCUT2D eigenvalue weighted by atomic mass is 16.6. The summed E-state index contributed by atoms with van der Waals surface area (Å²) in [5.74, 6) is 0. The van der Waals surface area contributed by atoms with Crippen LogP contribution in [0, 0.1) is 10.1 Å². The molecule has 0 N–H and O–H groups in total. The largest absolute Gasteiger partial charge is 0.270 e. The number of nitro groups is 1. The Morgan fingerprint density at radius 1 is 1.11 bits per heavy atom. The molecule has 18 heavy (non-hydrogen) atoms. The van der Waals surface area contributed by atoms with Crippen molar-refractivity contribution in [3.05, 3.63) is 70.0 Å². The van der Waals surface area contributed by atoms with Gasteiger partial charge in [-0.1, -0.05) is 24.3 Å². The zero-order chi connectivity index (χ0) is 13.0. The minimum absolute atomic E-state index is 0.108. The van der Waals surface area contributed by atoms with Gasteiger partial charge in [0.25, 0.3) is 5.69 Å². The zero-order valence-electron chi connectivity index (χ0n) is 9.98. The van der Waals surface area contributed by atoms with Gasteiger partial charge in [0.15, 0.2) is 12.4 Å². The molecule has 0 bridgehead atoms. The van der Waals surface area contributed by atoms with E-state index in [4.69, 9.17) is 0 Å². The number of non-ortho nitro benzene ring substituents is 1. The van der Waals surface area contributed by atoms with E-state index in [1.54, 1.807) is 12.1 Å². The Hall–Kier alpha value is -2.49. The van der Waals surface area contributed by atoms with Crippen LogP contribution in [0.15, 0.2) is 48.8 Å². The summed E-state index contributed by atoms with van der Waals surface area (Å²) in [6.45, 7) is 0. The van der Waals surface area contributed by atoms with Gasteiger partial charge < -0.3 is 0 Å². The van der Waals surface area contributed by atoms with Gasteiger partial charge in [0.05, 0.1) is 4.92 Å². The summed E-state index contributed by atoms with van der Waals surface area (Å²) in [6.07, 6.45) is 7.70. The van der Waals surface area contributed by atoms with Gasteiger partial charge in [0.2, 0.25) is 0 Å². The maximum atomic E-state index is 10.6. The lowest BCUT2D eigenvalue weighted by atomic mass is 10.1. The minimum Gasteiger partial charge on any atom is -0.258 e. The van der Waals surface area contributed by atoms with Crippen LogP contribution in [0.2, 0.25) is 0 Å². The molecule has 90 valence electrons. The average Bonchev–Trinajstić information content (AvgIpc) is 2.38. The normalized spacial score (nSPS) is 10.7. The molecule has 0 saturated carbocycles. The fourth-order valence-corrected chi connectivity index (χ4v) is 1.56. The second kappa shape index (κ2) is 5.23. The molecule has 0 spiro atoms. The topological polar surface area (TPSA) is 47.0 Å². The van der Waals surface area contributed by atoms with E-state index in [1.807, 2.05) is 54.4 Å². The monoisotopic (exact) mass is 241 g/mol. The van der Waals surface area contributed by atoms with Crippen molar-refractivity contribution < 1.29 is 9.49 Å². The van der Waals surface area contributed by atoms with Gasteiger partial charge in [-0.3, -0.25) is 10.1 Å². The predicted molar refractivity (Wildman–Crippen MR) is 69.6 cm³/mol. The zero-order valence-corrected chi connectivity index (χ0v) is 9.98. The third-order valence-corrected chi connectivity index (χ3v) is 2.55. The summed E-state index contributed by atoms with van der Waals surface area (Å²) in [4.78, 5) is 10.3. The molecular formula is C14H13N2O2+. The first-order valence-corrected chi connectivity index (χ1v) is 5.53. The van der Waals surface area contributed by atoms with Gasteiger partial charge in [-0.25, -0.2) is 4.57 Å². The number of benzene rings is 1. The number of nitro benzene ring substituents is 1. The Kier molecular flexibility index (Phi) is 3.48. The van der Waals surface area contributed by atoms with E-state index in [0.717, 1.165) is 11.1 Å². The lowest BCUT2D eigenvalue weighted by Crippen LogP contribution is -2.25. The molecule has 0 aliphatic rings. The number of hydrogen-bond acceptors (Lipinski definition) is 2. The number of pyridine rings is 1. The maximum absolute atomic E-state index is 10.6. The first kappa shape index (κ1) is 12.0. The van der Waals surface area contributed by atoms with Crippen LogP contribution in [0.5, 0.6) is 0 Å². The van der Waals surface area contributed by atoms with Crippen LogP contribution in [0.1, 0.15) is 11.1 Å². The Balaban J connectivity index is 2.20. The average molecular weight is 241 g/mol. The molecule has 0 aliphatic carbocycles. The molecule has 1 aromatic heterocycles.